The maximum atomic E-state index is 10.6. The van der Waals surface area contributed by atoms with Crippen LogP contribution in [0.1, 0.15) is 0 Å². The fourth-order valence-electron chi connectivity index (χ4n) is 1.21. The van der Waals surface area contributed by atoms with E-state index in [4.69, 9.17) is 5.11 Å². The summed E-state index contributed by atoms with van der Waals surface area (Å²) in [4.78, 5) is 12.4. The van der Waals surface area contributed by atoms with Crippen molar-refractivity contribution in [3.63, 3.8) is 0 Å². The summed E-state index contributed by atoms with van der Waals surface area (Å²) in [6, 6.07) is 0. The fraction of sp³-hybridized carbons (Fsp3) is 0.125. The number of carbonyl (C=O) groups is 1. The van der Waals surface area contributed by atoms with Crippen molar-refractivity contribution in [2.24, 2.45) is 0 Å². The summed E-state index contributed by atoms with van der Waals surface area (Å²) in [5, 5.41) is 11.7. The molecule has 4 heteroatoms. The maximum absolute atomic E-state index is 10.6. The van der Waals surface area contributed by atoms with Crippen molar-refractivity contribution in [3.05, 3.63) is 36.3 Å². The zero-order valence-corrected chi connectivity index (χ0v) is 6.27. The summed E-state index contributed by atoms with van der Waals surface area (Å²) >= 11 is 0. The molecule has 0 aliphatic carbocycles. The van der Waals surface area contributed by atoms with E-state index in [0.717, 1.165) is 0 Å². The second-order valence-electron chi connectivity index (χ2n) is 2.62. The van der Waals surface area contributed by atoms with E-state index < -0.39 is 5.97 Å². The third-order valence-corrected chi connectivity index (χ3v) is 1.83. The number of carboxylic acid groups (broad SMARTS) is 1. The molecule has 2 rings (SSSR count). The molecule has 2 aliphatic heterocycles. The molecule has 0 aromatic heterocycles. The SMILES string of the molecule is O=C(O)C1=CN2C=CNC2C=C1. The van der Waals surface area contributed by atoms with Gasteiger partial charge in [0.05, 0.1) is 5.57 Å². The topological polar surface area (TPSA) is 52.6 Å². The highest BCUT2D eigenvalue weighted by atomic mass is 16.4. The molecule has 2 N–H and O–H groups in total. The van der Waals surface area contributed by atoms with Gasteiger partial charge in [0.15, 0.2) is 0 Å². The van der Waals surface area contributed by atoms with Crippen LogP contribution in [0.4, 0.5) is 0 Å². The number of nitrogens with zero attached hydrogens (tertiary/aromatic N) is 1. The highest BCUT2D eigenvalue weighted by molar-refractivity contribution is 5.90. The molecule has 0 radical (unpaired) electrons. The van der Waals surface area contributed by atoms with E-state index in [0.29, 0.717) is 5.57 Å². The zero-order chi connectivity index (χ0) is 8.55. The quantitative estimate of drug-likeness (QED) is 0.582. The van der Waals surface area contributed by atoms with Crippen molar-refractivity contribution < 1.29 is 9.90 Å². The lowest BCUT2D eigenvalue weighted by Crippen LogP contribution is -2.32. The van der Waals surface area contributed by atoms with Gasteiger partial charge in [-0.3, -0.25) is 0 Å². The van der Waals surface area contributed by atoms with Gasteiger partial charge in [0.25, 0.3) is 0 Å². The molecule has 0 saturated carbocycles. The van der Waals surface area contributed by atoms with Gasteiger partial charge < -0.3 is 15.3 Å². The average molecular weight is 164 g/mol. The van der Waals surface area contributed by atoms with E-state index in [9.17, 15) is 4.79 Å². The monoisotopic (exact) mass is 164 g/mol. The molecule has 0 aromatic carbocycles. The van der Waals surface area contributed by atoms with Crippen LogP contribution in [0.2, 0.25) is 0 Å². The van der Waals surface area contributed by atoms with Gasteiger partial charge in [-0.25, -0.2) is 4.79 Å². The molecule has 0 amide bonds. The average Bonchev–Trinajstić information content (AvgIpc) is 2.49. The van der Waals surface area contributed by atoms with Crippen molar-refractivity contribution in [1.29, 1.82) is 0 Å². The van der Waals surface area contributed by atoms with Gasteiger partial charge in [-0.15, -0.1) is 0 Å². The van der Waals surface area contributed by atoms with Gasteiger partial charge in [-0.2, -0.15) is 0 Å². The Morgan fingerprint density at radius 2 is 2.50 bits per heavy atom. The predicted molar refractivity (Wildman–Crippen MR) is 42.8 cm³/mol. The first-order chi connectivity index (χ1) is 5.77. The number of hydrogen-bond donors (Lipinski definition) is 2. The van der Waals surface area contributed by atoms with Crippen LogP contribution >= 0.6 is 0 Å². The number of nitrogens with one attached hydrogen (secondary N) is 1. The molecular weight excluding hydrogens is 156 g/mol. The predicted octanol–water partition coefficient (Wildman–Crippen LogP) is 0.227. The second kappa shape index (κ2) is 2.41. The summed E-state index contributed by atoms with van der Waals surface area (Å²) in [6.07, 6.45) is 8.69. The van der Waals surface area contributed by atoms with Crippen molar-refractivity contribution in [2.75, 3.05) is 0 Å². The van der Waals surface area contributed by atoms with Gasteiger partial charge in [0, 0.05) is 18.6 Å². The van der Waals surface area contributed by atoms with Crippen LogP contribution < -0.4 is 5.32 Å². The van der Waals surface area contributed by atoms with Crippen LogP contribution in [0.25, 0.3) is 0 Å². The molecule has 1 atom stereocenters. The van der Waals surface area contributed by atoms with E-state index in [1.165, 1.54) is 0 Å². The van der Waals surface area contributed by atoms with Crippen LogP contribution in [-0.2, 0) is 4.79 Å². The normalized spacial score (nSPS) is 24.8. The Labute approximate surface area is 69.5 Å². The van der Waals surface area contributed by atoms with Crippen LogP contribution in [0.5, 0.6) is 0 Å². The second-order valence-corrected chi connectivity index (χ2v) is 2.62. The molecule has 0 aromatic rings. The van der Waals surface area contributed by atoms with Gasteiger partial charge in [-0.1, -0.05) is 0 Å². The van der Waals surface area contributed by atoms with E-state index in [1.54, 1.807) is 24.7 Å². The molecule has 0 fully saturated rings. The minimum atomic E-state index is -0.898. The number of fused-ring (bicyclic) bond motifs is 1. The van der Waals surface area contributed by atoms with Crippen LogP contribution in [0.15, 0.2) is 36.3 Å². The molecule has 62 valence electrons. The smallest absolute Gasteiger partial charge is 0.337 e. The number of rotatable bonds is 1. The highest BCUT2D eigenvalue weighted by Crippen LogP contribution is 2.15. The molecule has 1 unspecified atom stereocenters. The number of aliphatic carboxylic acids is 1. The molecule has 0 spiro atoms. The maximum Gasteiger partial charge on any atom is 0.337 e. The largest absolute Gasteiger partial charge is 0.478 e. The van der Waals surface area contributed by atoms with E-state index >= 15 is 0 Å². The van der Waals surface area contributed by atoms with Gasteiger partial charge in [0.1, 0.15) is 6.17 Å². The zero-order valence-electron chi connectivity index (χ0n) is 6.27. The lowest BCUT2D eigenvalue weighted by atomic mass is 10.2. The molecule has 2 aliphatic rings. The highest BCUT2D eigenvalue weighted by Gasteiger charge is 2.19. The van der Waals surface area contributed by atoms with Crippen LogP contribution in [0, 0.1) is 0 Å². The minimum absolute atomic E-state index is 0.0908. The number of hydrogen-bond acceptors (Lipinski definition) is 3. The Morgan fingerprint density at radius 1 is 1.67 bits per heavy atom. The summed E-state index contributed by atoms with van der Waals surface area (Å²) in [6.45, 7) is 0. The lowest BCUT2D eigenvalue weighted by molar-refractivity contribution is -0.132. The van der Waals surface area contributed by atoms with E-state index in [1.807, 2.05) is 11.0 Å². The molecule has 0 saturated heterocycles. The van der Waals surface area contributed by atoms with Crippen molar-refractivity contribution >= 4 is 5.97 Å². The minimum Gasteiger partial charge on any atom is -0.478 e. The molecule has 2 heterocycles. The fourth-order valence-corrected chi connectivity index (χ4v) is 1.21. The van der Waals surface area contributed by atoms with E-state index in [2.05, 4.69) is 5.32 Å². The lowest BCUT2D eigenvalue weighted by Gasteiger charge is -2.22. The third-order valence-electron chi connectivity index (χ3n) is 1.83. The van der Waals surface area contributed by atoms with Crippen molar-refractivity contribution in [1.82, 2.24) is 10.2 Å². The molecular formula is C8H8N2O2. The Bertz CT molecular complexity index is 304. The molecule has 4 nitrogen and oxygen atoms in total. The van der Waals surface area contributed by atoms with Crippen molar-refractivity contribution in [3.8, 4) is 0 Å². The Morgan fingerprint density at radius 3 is 3.25 bits per heavy atom. The molecule has 12 heavy (non-hydrogen) atoms. The Hall–Kier alpha value is -1.71. The van der Waals surface area contributed by atoms with E-state index in [-0.39, 0.29) is 6.17 Å². The third kappa shape index (κ3) is 0.972. The summed E-state index contributed by atoms with van der Waals surface area (Å²) in [7, 11) is 0. The van der Waals surface area contributed by atoms with Gasteiger partial charge in [0.2, 0.25) is 0 Å². The summed E-state index contributed by atoms with van der Waals surface area (Å²) in [5.74, 6) is -0.898. The molecule has 0 bridgehead atoms. The summed E-state index contributed by atoms with van der Waals surface area (Å²) in [5.41, 5.74) is 0.305. The summed E-state index contributed by atoms with van der Waals surface area (Å²) < 4.78 is 0. The van der Waals surface area contributed by atoms with Crippen molar-refractivity contribution in [2.45, 2.75) is 6.17 Å². The van der Waals surface area contributed by atoms with Crippen LogP contribution in [0.3, 0.4) is 0 Å². The Balaban J connectivity index is 2.25. The first-order valence-electron chi connectivity index (χ1n) is 3.61. The first-order valence-corrected chi connectivity index (χ1v) is 3.61. The standard InChI is InChI=1S/C8H8N2O2/c11-8(12)6-1-2-7-9-3-4-10(7)5-6/h1-5,7,9H,(H,11,12). The van der Waals surface area contributed by atoms with Crippen LogP contribution in [-0.4, -0.2) is 22.1 Å². The number of carboxylic acids is 1. The Kier molecular flexibility index (Phi) is 1.40. The van der Waals surface area contributed by atoms with Gasteiger partial charge >= 0.3 is 5.97 Å². The van der Waals surface area contributed by atoms with Gasteiger partial charge in [-0.05, 0) is 12.2 Å². The first kappa shape index (κ1) is 6.97.